The van der Waals surface area contributed by atoms with E-state index in [9.17, 15) is 4.79 Å². The Morgan fingerprint density at radius 3 is 2.38 bits per heavy atom. The predicted octanol–water partition coefficient (Wildman–Crippen LogP) is 1.52. The quantitative estimate of drug-likeness (QED) is 0.761. The fourth-order valence-electron chi connectivity index (χ4n) is 2.63. The van der Waals surface area contributed by atoms with Crippen LogP contribution in [0, 0.1) is 17.8 Å². The molecule has 0 aromatic heterocycles. The van der Waals surface area contributed by atoms with Gasteiger partial charge in [0.2, 0.25) is 5.91 Å². The number of hydrogen-bond donors (Lipinski definition) is 1. The number of carbonyl (C=O) groups excluding carboxylic acids is 1. The molecule has 3 atom stereocenters. The molecule has 0 saturated carbocycles. The van der Waals surface area contributed by atoms with Crippen LogP contribution in [0.15, 0.2) is 0 Å². The van der Waals surface area contributed by atoms with Crippen LogP contribution in [-0.2, 0) is 4.79 Å². The van der Waals surface area contributed by atoms with E-state index >= 15 is 0 Å². The van der Waals surface area contributed by atoms with Crippen molar-refractivity contribution in [1.82, 2.24) is 10.2 Å². The number of carbonyl (C=O) groups is 1. The summed E-state index contributed by atoms with van der Waals surface area (Å²) in [5, 5.41) is 3.31. The largest absolute Gasteiger partial charge is 0.342 e. The fourth-order valence-corrected chi connectivity index (χ4v) is 2.63. The lowest BCUT2D eigenvalue weighted by atomic mass is 9.98. The summed E-state index contributed by atoms with van der Waals surface area (Å²) in [6, 6.07) is 0. The van der Waals surface area contributed by atoms with E-state index < -0.39 is 0 Å². The summed E-state index contributed by atoms with van der Waals surface area (Å²) in [4.78, 5) is 14.3. The molecule has 2 saturated heterocycles. The van der Waals surface area contributed by atoms with Gasteiger partial charge in [-0.3, -0.25) is 4.79 Å². The molecule has 0 spiro atoms. The molecule has 2 fully saturated rings. The van der Waals surface area contributed by atoms with Crippen LogP contribution < -0.4 is 5.32 Å². The summed E-state index contributed by atoms with van der Waals surface area (Å²) in [7, 11) is 0. The summed E-state index contributed by atoms with van der Waals surface area (Å²) in [6.07, 6.45) is 2.22. The summed E-state index contributed by atoms with van der Waals surface area (Å²) in [5.74, 6) is 1.98. The van der Waals surface area contributed by atoms with Crippen LogP contribution in [0.5, 0.6) is 0 Å². The van der Waals surface area contributed by atoms with E-state index in [4.69, 9.17) is 0 Å². The highest BCUT2D eigenvalue weighted by Gasteiger charge is 2.33. The first-order valence-electron chi connectivity index (χ1n) is 6.18. The van der Waals surface area contributed by atoms with E-state index in [-0.39, 0.29) is 18.3 Å². The van der Waals surface area contributed by atoms with Gasteiger partial charge in [-0.15, -0.1) is 12.4 Å². The Morgan fingerprint density at radius 1 is 1.25 bits per heavy atom. The van der Waals surface area contributed by atoms with Gasteiger partial charge in [0, 0.05) is 19.6 Å². The van der Waals surface area contributed by atoms with Gasteiger partial charge in [0.15, 0.2) is 0 Å². The molecule has 2 aliphatic rings. The number of hydrogen-bond acceptors (Lipinski definition) is 2. The van der Waals surface area contributed by atoms with Crippen molar-refractivity contribution in [2.45, 2.75) is 26.7 Å². The van der Waals surface area contributed by atoms with Gasteiger partial charge in [-0.25, -0.2) is 0 Å². The van der Waals surface area contributed by atoms with Crippen molar-refractivity contribution in [3.63, 3.8) is 0 Å². The van der Waals surface area contributed by atoms with Gasteiger partial charge in [-0.2, -0.15) is 0 Å². The van der Waals surface area contributed by atoms with Gasteiger partial charge >= 0.3 is 0 Å². The standard InChI is InChI=1S/C12H22N2O.ClH/c1-9-7-14(8-10(9)2)12(15)11-4-3-5-13-6-11;/h9-11,13H,3-8H2,1-2H3;1H/t9?,10?,11-;/m1./s1. The first-order chi connectivity index (χ1) is 7.18. The topological polar surface area (TPSA) is 32.3 Å². The van der Waals surface area contributed by atoms with E-state index in [0.29, 0.717) is 17.7 Å². The minimum atomic E-state index is 0. The van der Waals surface area contributed by atoms with Crippen molar-refractivity contribution in [1.29, 1.82) is 0 Å². The smallest absolute Gasteiger partial charge is 0.226 e. The average molecular weight is 247 g/mol. The monoisotopic (exact) mass is 246 g/mol. The van der Waals surface area contributed by atoms with E-state index in [2.05, 4.69) is 24.1 Å². The van der Waals surface area contributed by atoms with Gasteiger partial charge in [-0.1, -0.05) is 13.8 Å². The van der Waals surface area contributed by atoms with Crippen molar-refractivity contribution in [2.75, 3.05) is 26.2 Å². The van der Waals surface area contributed by atoms with Gasteiger partial charge in [0.25, 0.3) is 0 Å². The summed E-state index contributed by atoms with van der Waals surface area (Å²) >= 11 is 0. The molecule has 0 bridgehead atoms. The van der Waals surface area contributed by atoms with Crippen molar-refractivity contribution in [2.24, 2.45) is 17.8 Å². The minimum Gasteiger partial charge on any atom is -0.342 e. The van der Waals surface area contributed by atoms with Gasteiger partial charge in [0.05, 0.1) is 5.92 Å². The van der Waals surface area contributed by atoms with Crippen LogP contribution in [0.2, 0.25) is 0 Å². The number of nitrogens with zero attached hydrogens (tertiary/aromatic N) is 1. The molecule has 16 heavy (non-hydrogen) atoms. The first kappa shape index (κ1) is 13.8. The third-order valence-electron chi connectivity index (χ3n) is 3.95. The summed E-state index contributed by atoms with van der Waals surface area (Å²) < 4.78 is 0. The highest BCUT2D eigenvalue weighted by Crippen LogP contribution is 2.25. The van der Waals surface area contributed by atoms with Gasteiger partial charge in [-0.05, 0) is 31.2 Å². The highest BCUT2D eigenvalue weighted by molar-refractivity contribution is 5.85. The van der Waals surface area contributed by atoms with Crippen LogP contribution in [0.4, 0.5) is 0 Å². The zero-order valence-electron chi connectivity index (χ0n) is 10.2. The maximum absolute atomic E-state index is 12.2. The van der Waals surface area contributed by atoms with Crippen molar-refractivity contribution in [3.8, 4) is 0 Å². The van der Waals surface area contributed by atoms with E-state index in [1.165, 1.54) is 0 Å². The van der Waals surface area contributed by atoms with Crippen LogP contribution in [0.3, 0.4) is 0 Å². The molecule has 2 heterocycles. The minimum absolute atomic E-state index is 0. The molecule has 2 aliphatic heterocycles. The second-order valence-corrected chi connectivity index (χ2v) is 5.24. The zero-order valence-corrected chi connectivity index (χ0v) is 11.1. The lowest BCUT2D eigenvalue weighted by Gasteiger charge is -2.26. The molecular weight excluding hydrogens is 224 g/mol. The molecule has 0 radical (unpaired) electrons. The average Bonchev–Trinajstić information content (AvgIpc) is 2.59. The van der Waals surface area contributed by atoms with E-state index in [1.54, 1.807) is 0 Å². The Hall–Kier alpha value is -0.280. The van der Waals surface area contributed by atoms with Crippen LogP contribution in [0.25, 0.3) is 0 Å². The molecule has 94 valence electrons. The molecular formula is C12H23ClN2O. The van der Waals surface area contributed by atoms with E-state index in [1.807, 2.05) is 0 Å². The van der Waals surface area contributed by atoms with Gasteiger partial charge < -0.3 is 10.2 Å². The molecule has 1 amide bonds. The molecule has 0 aromatic carbocycles. The Morgan fingerprint density at radius 2 is 1.88 bits per heavy atom. The number of piperidine rings is 1. The molecule has 3 nitrogen and oxygen atoms in total. The Kier molecular flexibility index (Phi) is 5.06. The second kappa shape index (κ2) is 5.87. The van der Waals surface area contributed by atoms with Crippen LogP contribution in [-0.4, -0.2) is 37.0 Å². The zero-order chi connectivity index (χ0) is 10.8. The number of halogens is 1. The highest BCUT2D eigenvalue weighted by atomic mass is 35.5. The van der Waals surface area contributed by atoms with Crippen LogP contribution in [0.1, 0.15) is 26.7 Å². The number of nitrogens with one attached hydrogen (secondary N) is 1. The fraction of sp³-hybridized carbons (Fsp3) is 0.917. The summed E-state index contributed by atoms with van der Waals surface area (Å²) in [6.45, 7) is 8.40. The molecule has 2 rings (SSSR count). The van der Waals surface area contributed by atoms with Crippen molar-refractivity contribution < 1.29 is 4.79 Å². The lowest BCUT2D eigenvalue weighted by molar-refractivity contribution is -0.135. The molecule has 2 unspecified atom stereocenters. The number of likely N-dealkylation sites (tertiary alicyclic amines) is 1. The SMILES string of the molecule is CC1CN(C(=O)[C@@H]2CCCNC2)CC1C.Cl. The van der Waals surface area contributed by atoms with E-state index in [0.717, 1.165) is 39.0 Å². The molecule has 4 heteroatoms. The van der Waals surface area contributed by atoms with Crippen LogP contribution >= 0.6 is 12.4 Å². The number of rotatable bonds is 1. The predicted molar refractivity (Wildman–Crippen MR) is 67.7 cm³/mol. The Balaban J connectivity index is 0.00000128. The van der Waals surface area contributed by atoms with Crippen molar-refractivity contribution >= 4 is 18.3 Å². The Labute approximate surface area is 104 Å². The lowest BCUT2D eigenvalue weighted by Crippen LogP contribution is -2.42. The third kappa shape index (κ3) is 2.89. The normalized spacial score (nSPS) is 34.6. The first-order valence-corrected chi connectivity index (χ1v) is 6.18. The number of amides is 1. The van der Waals surface area contributed by atoms with Gasteiger partial charge in [0.1, 0.15) is 0 Å². The maximum Gasteiger partial charge on any atom is 0.226 e. The summed E-state index contributed by atoms with van der Waals surface area (Å²) in [5.41, 5.74) is 0. The second-order valence-electron chi connectivity index (χ2n) is 5.24. The molecule has 0 aliphatic carbocycles. The van der Waals surface area contributed by atoms with Crippen molar-refractivity contribution in [3.05, 3.63) is 0 Å². The maximum atomic E-state index is 12.2. The third-order valence-corrected chi connectivity index (χ3v) is 3.95. The Bertz CT molecular complexity index is 231. The molecule has 1 N–H and O–H groups in total. The molecule has 0 aromatic rings.